The van der Waals surface area contributed by atoms with Crippen LogP contribution in [0.4, 0.5) is 11.4 Å². The van der Waals surface area contributed by atoms with Crippen LogP contribution in [0.1, 0.15) is 0 Å². The van der Waals surface area contributed by atoms with Gasteiger partial charge in [0.15, 0.2) is 0 Å². The summed E-state index contributed by atoms with van der Waals surface area (Å²) < 4.78 is 5.16. The molecule has 0 saturated carbocycles. The Balaban J connectivity index is 1.88. The van der Waals surface area contributed by atoms with Crippen molar-refractivity contribution in [2.24, 2.45) is 11.8 Å². The maximum atomic E-state index is 11.0. The number of non-ortho nitro benzene ring substituents is 1. The molecule has 6 heteroatoms. The summed E-state index contributed by atoms with van der Waals surface area (Å²) in [7, 11) is 1.53. The summed E-state index contributed by atoms with van der Waals surface area (Å²) in [5, 5.41) is 14.3. The van der Waals surface area contributed by atoms with E-state index in [0.29, 0.717) is 17.6 Å². The molecule has 1 aromatic carbocycles. The SMILES string of the molecule is COc1cc(N2CC3CNCC3C2)cc([N+](=O)[O-])c1. The third kappa shape index (κ3) is 2.23. The van der Waals surface area contributed by atoms with Gasteiger partial charge < -0.3 is 15.0 Å². The Morgan fingerprint density at radius 1 is 1.32 bits per heavy atom. The molecular weight excluding hydrogens is 246 g/mol. The van der Waals surface area contributed by atoms with Gasteiger partial charge in [-0.05, 0) is 11.8 Å². The average molecular weight is 263 g/mol. The summed E-state index contributed by atoms with van der Waals surface area (Å²) in [6.45, 7) is 4.02. The zero-order valence-corrected chi connectivity index (χ0v) is 10.8. The Hall–Kier alpha value is -1.82. The summed E-state index contributed by atoms with van der Waals surface area (Å²) in [5.41, 5.74) is 0.977. The van der Waals surface area contributed by atoms with Gasteiger partial charge in [0, 0.05) is 44.0 Å². The molecule has 2 fully saturated rings. The van der Waals surface area contributed by atoms with Crippen molar-refractivity contribution in [1.29, 1.82) is 0 Å². The molecule has 2 unspecified atom stereocenters. The molecule has 0 amide bonds. The van der Waals surface area contributed by atoms with E-state index in [1.54, 1.807) is 6.07 Å². The first kappa shape index (κ1) is 12.2. The number of nitro benzene ring substituents is 1. The van der Waals surface area contributed by atoms with Crippen LogP contribution in [0.5, 0.6) is 5.75 Å². The van der Waals surface area contributed by atoms with Crippen LogP contribution >= 0.6 is 0 Å². The predicted molar refractivity (Wildman–Crippen MR) is 71.7 cm³/mol. The Morgan fingerprint density at radius 2 is 2.00 bits per heavy atom. The van der Waals surface area contributed by atoms with Crippen molar-refractivity contribution in [2.75, 3.05) is 38.2 Å². The molecule has 102 valence electrons. The van der Waals surface area contributed by atoms with Crippen LogP contribution in [0.2, 0.25) is 0 Å². The van der Waals surface area contributed by atoms with Crippen LogP contribution in [0, 0.1) is 22.0 Å². The lowest BCUT2D eigenvalue weighted by Crippen LogP contribution is -2.25. The second-order valence-corrected chi connectivity index (χ2v) is 5.23. The lowest BCUT2D eigenvalue weighted by molar-refractivity contribution is -0.384. The summed E-state index contributed by atoms with van der Waals surface area (Å²) in [6, 6.07) is 4.97. The molecular formula is C13H17N3O3. The third-order valence-electron chi connectivity index (χ3n) is 4.08. The number of methoxy groups -OCH3 is 1. The highest BCUT2D eigenvalue weighted by Gasteiger charge is 2.36. The van der Waals surface area contributed by atoms with Gasteiger partial charge in [-0.25, -0.2) is 0 Å². The van der Waals surface area contributed by atoms with Gasteiger partial charge in [0.2, 0.25) is 0 Å². The van der Waals surface area contributed by atoms with Gasteiger partial charge in [-0.3, -0.25) is 10.1 Å². The quantitative estimate of drug-likeness (QED) is 0.657. The first-order valence-corrected chi connectivity index (χ1v) is 6.46. The highest BCUT2D eigenvalue weighted by atomic mass is 16.6. The van der Waals surface area contributed by atoms with Crippen molar-refractivity contribution in [2.45, 2.75) is 0 Å². The number of ether oxygens (including phenoxy) is 1. The number of anilines is 1. The molecule has 19 heavy (non-hydrogen) atoms. The standard InChI is InChI=1S/C13H17N3O3/c1-19-13-3-11(2-12(4-13)16(17)18)15-7-9-5-14-6-10(9)8-15/h2-4,9-10,14H,5-8H2,1H3. The number of hydrogen-bond donors (Lipinski definition) is 1. The van der Waals surface area contributed by atoms with Gasteiger partial charge in [-0.1, -0.05) is 0 Å². The van der Waals surface area contributed by atoms with Crippen LogP contribution in [0.3, 0.4) is 0 Å². The Kier molecular flexibility index (Phi) is 3.02. The lowest BCUT2D eigenvalue weighted by atomic mass is 10.0. The van der Waals surface area contributed by atoms with Gasteiger partial charge in [0.05, 0.1) is 18.1 Å². The Morgan fingerprint density at radius 3 is 2.58 bits per heavy atom. The number of benzene rings is 1. The maximum absolute atomic E-state index is 11.0. The van der Waals surface area contributed by atoms with Crippen molar-refractivity contribution < 1.29 is 9.66 Å². The smallest absolute Gasteiger partial charge is 0.275 e. The molecule has 6 nitrogen and oxygen atoms in total. The molecule has 1 aromatic rings. The van der Waals surface area contributed by atoms with Gasteiger partial charge in [-0.2, -0.15) is 0 Å². The van der Waals surface area contributed by atoms with Gasteiger partial charge in [0.25, 0.3) is 5.69 Å². The zero-order valence-electron chi connectivity index (χ0n) is 10.8. The normalized spacial score (nSPS) is 25.4. The molecule has 0 radical (unpaired) electrons. The zero-order chi connectivity index (χ0) is 13.4. The monoisotopic (exact) mass is 263 g/mol. The van der Waals surface area contributed by atoms with E-state index in [1.807, 2.05) is 6.07 Å². The van der Waals surface area contributed by atoms with Crippen molar-refractivity contribution in [3.63, 3.8) is 0 Å². The largest absolute Gasteiger partial charge is 0.496 e. The molecule has 2 aliphatic heterocycles. The van der Waals surface area contributed by atoms with E-state index in [0.717, 1.165) is 31.9 Å². The van der Waals surface area contributed by atoms with Gasteiger partial charge in [-0.15, -0.1) is 0 Å². The molecule has 0 aromatic heterocycles. The van der Waals surface area contributed by atoms with E-state index in [-0.39, 0.29) is 10.6 Å². The van der Waals surface area contributed by atoms with Crippen LogP contribution in [-0.2, 0) is 0 Å². The topological polar surface area (TPSA) is 67.6 Å². The first-order valence-electron chi connectivity index (χ1n) is 6.46. The fourth-order valence-corrected chi connectivity index (χ4v) is 3.04. The highest BCUT2D eigenvalue weighted by Crippen LogP contribution is 2.34. The summed E-state index contributed by atoms with van der Waals surface area (Å²) in [5.74, 6) is 1.86. The maximum Gasteiger partial charge on any atom is 0.275 e. The number of hydrogen-bond acceptors (Lipinski definition) is 5. The minimum absolute atomic E-state index is 0.0875. The van der Waals surface area contributed by atoms with Crippen LogP contribution in [0.25, 0.3) is 0 Å². The van der Waals surface area contributed by atoms with E-state index in [1.165, 1.54) is 13.2 Å². The number of nitro groups is 1. The van der Waals surface area contributed by atoms with Gasteiger partial charge in [0.1, 0.15) is 5.75 Å². The second kappa shape index (κ2) is 4.70. The van der Waals surface area contributed by atoms with E-state index in [4.69, 9.17) is 4.74 Å². The van der Waals surface area contributed by atoms with E-state index in [2.05, 4.69) is 10.2 Å². The van der Waals surface area contributed by atoms with Crippen molar-refractivity contribution >= 4 is 11.4 Å². The lowest BCUT2D eigenvalue weighted by Gasteiger charge is -2.20. The molecule has 3 rings (SSSR count). The third-order valence-corrected chi connectivity index (χ3v) is 4.08. The molecule has 2 saturated heterocycles. The summed E-state index contributed by atoms with van der Waals surface area (Å²) in [6.07, 6.45) is 0. The molecule has 1 N–H and O–H groups in total. The Bertz CT molecular complexity index is 494. The van der Waals surface area contributed by atoms with Crippen LogP contribution < -0.4 is 15.0 Å². The molecule has 0 spiro atoms. The minimum Gasteiger partial charge on any atom is -0.496 e. The molecule has 0 bridgehead atoms. The number of nitrogens with zero attached hydrogens (tertiary/aromatic N) is 2. The summed E-state index contributed by atoms with van der Waals surface area (Å²) in [4.78, 5) is 12.8. The summed E-state index contributed by atoms with van der Waals surface area (Å²) >= 11 is 0. The minimum atomic E-state index is -0.371. The fraction of sp³-hybridized carbons (Fsp3) is 0.538. The van der Waals surface area contributed by atoms with E-state index >= 15 is 0 Å². The number of fused-ring (bicyclic) bond motifs is 1. The van der Waals surface area contributed by atoms with Crippen LogP contribution in [0.15, 0.2) is 18.2 Å². The number of nitrogens with one attached hydrogen (secondary N) is 1. The van der Waals surface area contributed by atoms with E-state index < -0.39 is 0 Å². The second-order valence-electron chi connectivity index (χ2n) is 5.23. The molecule has 2 heterocycles. The first-order chi connectivity index (χ1) is 9.17. The Labute approximate surface area is 111 Å². The highest BCUT2D eigenvalue weighted by molar-refractivity contribution is 5.58. The van der Waals surface area contributed by atoms with Crippen molar-refractivity contribution in [1.82, 2.24) is 5.32 Å². The molecule has 2 atom stereocenters. The van der Waals surface area contributed by atoms with Crippen LogP contribution in [-0.4, -0.2) is 38.2 Å². The molecule has 0 aliphatic carbocycles. The van der Waals surface area contributed by atoms with Gasteiger partial charge >= 0.3 is 0 Å². The number of rotatable bonds is 3. The van der Waals surface area contributed by atoms with Crippen molar-refractivity contribution in [3.8, 4) is 5.75 Å². The van der Waals surface area contributed by atoms with Crippen molar-refractivity contribution in [3.05, 3.63) is 28.3 Å². The average Bonchev–Trinajstić information content (AvgIpc) is 2.98. The van der Waals surface area contributed by atoms with E-state index in [9.17, 15) is 10.1 Å². The predicted octanol–water partition coefficient (Wildman–Crippen LogP) is 1.26. The fourth-order valence-electron chi connectivity index (χ4n) is 3.04. The molecule has 2 aliphatic rings.